The largest absolute Gasteiger partial charge is 0.435 e. The Kier molecular flexibility index (Phi) is 2.27. The van der Waals surface area contributed by atoms with Crippen molar-refractivity contribution in [2.75, 3.05) is 18.0 Å². The van der Waals surface area contributed by atoms with Gasteiger partial charge in [-0.3, -0.25) is 0 Å². The van der Waals surface area contributed by atoms with Gasteiger partial charge in [-0.25, -0.2) is 9.74 Å². The Balaban J connectivity index is 1.66. The van der Waals surface area contributed by atoms with E-state index < -0.39 is 11.9 Å². The SMILES string of the molecule is O=C(OF)c1nnc(N2CC3(CCCC3)C2)o1. The smallest absolute Gasteiger partial charge is 0.397 e. The molecule has 1 aromatic rings. The van der Waals surface area contributed by atoms with Crippen LogP contribution in [0, 0.1) is 5.41 Å². The Morgan fingerprint density at radius 1 is 1.35 bits per heavy atom. The molecule has 0 N–H and O–H groups in total. The summed E-state index contributed by atoms with van der Waals surface area (Å²) in [5, 5.41) is 7.14. The second kappa shape index (κ2) is 3.68. The van der Waals surface area contributed by atoms with Crippen molar-refractivity contribution in [3.63, 3.8) is 0 Å². The van der Waals surface area contributed by atoms with E-state index in [-0.39, 0.29) is 6.01 Å². The molecule has 0 aromatic carbocycles. The van der Waals surface area contributed by atoms with Gasteiger partial charge < -0.3 is 9.32 Å². The van der Waals surface area contributed by atoms with Crippen LogP contribution >= 0.6 is 0 Å². The Morgan fingerprint density at radius 3 is 2.71 bits per heavy atom. The van der Waals surface area contributed by atoms with E-state index >= 15 is 0 Å². The van der Waals surface area contributed by atoms with Crippen LogP contribution in [0.2, 0.25) is 0 Å². The summed E-state index contributed by atoms with van der Waals surface area (Å²) < 4.78 is 16.7. The van der Waals surface area contributed by atoms with Gasteiger partial charge >= 0.3 is 17.9 Å². The molecule has 2 fully saturated rings. The van der Waals surface area contributed by atoms with Crippen molar-refractivity contribution >= 4 is 12.0 Å². The van der Waals surface area contributed by atoms with Crippen molar-refractivity contribution in [1.82, 2.24) is 10.2 Å². The van der Waals surface area contributed by atoms with Crippen LogP contribution in [0.4, 0.5) is 10.5 Å². The molecule has 1 aliphatic heterocycles. The van der Waals surface area contributed by atoms with Crippen LogP contribution in [0.15, 0.2) is 4.42 Å². The average molecular weight is 241 g/mol. The number of anilines is 1. The molecule has 1 aromatic heterocycles. The van der Waals surface area contributed by atoms with Gasteiger partial charge in [0.2, 0.25) is 0 Å². The van der Waals surface area contributed by atoms with Gasteiger partial charge in [-0.2, -0.15) is 0 Å². The van der Waals surface area contributed by atoms with Gasteiger partial charge in [-0.05, 0) is 12.8 Å². The average Bonchev–Trinajstić information content (AvgIpc) is 2.94. The van der Waals surface area contributed by atoms with E-state index in [2.05, 4.69) is 15.1 Å². The van der Waals surface area contributed by atoms with Crippen LogP contribution in [0.5, 0.6) is 0 Å². The number of rotatable bonds is 2. The fraction of sp³-hybridized carbons (Fsp3) is 0.700. The molecule has 0 radical (unpaired) electrons. The highest BCUT2D eigenvalue weighted by Crippen LogP contribution is 2.46. The van der Waals surface area contributed by atoms with Gasteiger partial charge in [0.25, 0.3) is 0 Å². The van der Waals surface area contributed by atoms with E-state index in [9.17, 15) is 9.32 Å². The van der Waals surface area contributed by atoms with E-state index in [4.69, 9.17) is 4.42 Å². The highest BCUT2D eigenvalue weighted by atomic mass is 19.3. The molecule has 2 aliphatic rings. The molecule has 1 spiro atoms. The number of halogens is 1. The number of aromatic nitrogens is 2. The third kappa shape index (κ3) is 1.65. The summed E-state index contributed by atoms with van der Waals surface area (Å²) >= 11 is 0. The van der Waals surface area contributed by atoms with E-state index in [0.717, 1.165) is 13.1 Å². The maximum absolute atomic E-state index is 11.6. The third-order valence-electron chi connectivity index (χ3n) is 3.65. The maximum atomic E-state index is 11.6. The summed E-state index contributed by atoms with van der Waals surface area (Å²) in [5.41, 5.74) is 0.398. The van der Waals surface area contributed by atoms with Crippen LogP contribution < -0.4 is 4.90 Å². The minimum absolute atomic E-state index is 0.267. The molecule has 0 atom stereocenters. The standard InChI is InChI=1S/C10H12FN3O3/c11-17-8(15)7-12-13-9(16-7)14-5-10(6-14)3-1-2-4-10/h1-6H2. The van der Waals surface area contributed by atoms with Crippen LogP contribution in [0.1, 0.15) is 36.4 Å². The molecule has 1 saturated heterocycles. The van der Waals surface area contributed by atoms with Gasteiger partial charge in [-0.1, -0.05) is 23.0 Å². The van der Waals surface area contributed by atoms with E-state index in [1.165, 1.54) is 25.7 Å². The quantitative estimate of drug-likeness (QED) is 0.781. The normalized spacial score (nSPS) is 21.6. The van der Waals surface area contributed by atoms with Crippen molar-refractivity contribution in [2.24, 2.45) is 5.41 Å². The molecule has 3 rings (SSSR count). The van der Waals surface area contributed by atoms with Crippen LogP contribution in [-0.4, -0.2) is 29.3 Å². The molecule has 0 unspecified atom stereocenters. The molecule has 6 nitrogen and oxygen atoms in total. The first-order valence-corrected chi connectivity index (χ1v) is 5.64. The van der Waals surface area contributed by atoms with Crippen LogP contribution in [-0.2, 0) is 4.94 Å². The van der Waals surface area contributed by atoms with Crippen molar-refractivity contribution in [2.45, 2.75) is 25.7 Å². The first kappa shape index (κ1) is 10.5. The molecular formula is C10H12FN3O3. The number of hydrogen-bond acceptors (Lipinski definition) is 6. The zero-order valence-electron chi connectivity index (χ0n) is 9.19. The van der Waals surface area contributed by atoms with E-state index in [1.807, 2.05) is 4.90 Å². The van der Waals surface area contributed by atoms with E-state index in [0.29, 0.717) is 5.41 Å². The van der Waals surface area contributed by atoms with Gasteiger partial charge in [0.05, 0.1) is 0 Å². The monoisotopic (exact) mass is 241 g/mol. The fourth-order valence-corrected chi connectivity index (χ4v) is 2.80. The Labute approximate surface area is 96.6 Å². The Hall–Kier alpha value is -1.66. The second-order valence-electron chi connectivity index (χ2n) is 4.82. The fourth-order valence-electron chi connectivity index (χ4n) is 2.80. The summed E-state index contributed by atoms with van der Waals surface area (Å²) in [4.78, 5) is 15.7. The summed E-state index contributed by atoms with van der Waals surface area (Å²) in [7, 11) is 0. The topological polar surface area (TPSA) is 68.5 Å². The van der Waals surface area contributed by atoms with Gasteiger partial charge in [-0.15, -0.1) is 0 Å². The molecule has 0 bridgehead atoms. The highest BCUT2D eigenvalue weighted by molar-refractivity contribution is 5.83. The molecule has 2 heterocycles. The summed E-state index contributed by atoms with van der Waals surface area (Å²) in [5.74, 6) is -1.70. The predicted molar refractivity (Wildman–Crippen MR) is 53.9 cm³/mol. The van der Waals surface area contributed by atoms with Gasteiger partial charge in [0.1, 0.15) is 0 Å². The number of hydrogen-bond donors (Lipinski definition) is 0. The lowest BCUT2D eigenvalue weighted by Crippen LogP contribution is -2.55. The predicted octanol–water partition coefficient (Wildman–Crippen LogP) is 1.49. The first-order chi connectivity index (χ1) is 8.22. The molecule has 17 heavy (non-hydrogen) atoms. The number of nitrogens with zero attached hydrogens (tertiary/aromatic N) is 3. The molecule has 7 heteroatoms. The second-order valence-corrected chi connectivity index (χ2v) is 4.82. The number of carbonyl (C=O) groups excluding carboxylic acids is 1. The van der Waals surface area contributed by atoms with Crippen molar-refractivity contribution < 1.29 is 18.7 Å². The summed E-state index contributed by atoms with van der Waals surface area (Å²) in [6.07, 6.45) is 5.02. The van der Waals surface area contributed by atoms with Crippen molar-refractivity contribution in [3.05, 3.63) is 5.89 Å². The number of carbonyl (C=O) groups is 1. The summed E-state index contributed by atoms with van der Waals surface area (Å²) in [6, 6.07) is 0.267. The summed E-state index contributed by atoms with van der Waals surface area (Å²) in [6.45, 7) is 1.75. The highest BCUT2D eigenvalue weighted by Gasteiger charge is 2.46. The lowest BCUT2D eigenvalue weighted by Gasteiger charge is -2.47. The Bertz CT molecular complexity index is 434. The molecule has 1 saturated carbocycles. The maximum Gasteiger partial charge on any atom is 0.435 e. The Morgan fingerprint density at radius 2 is 2.06 bits per heavy atom. The minimum Gasteiger partial charge on any atom is -0.397 e. The van der Waals surface area contributed by atoms with Gasteiger partial charge in [0.15, 0.2) is 0 Å². The van der Waals surface area contributed by atoms with E-state index in [1.54, 1.807) is 0 Å². The molecule has 1 aliphatic carbocycles. The zero-order valence-corrected chi connectivity index (χ0v) is 9.19. The van der Waals surface area contributed by atoms with Crippen LogP contribution in [0.25, 0.3) is 0 Å². The van der Waals surface area contributed by atoms with Gasteiger partial charge in [0, 0.05) is 23.0 Å². The lowest BCUT2D eigenvalue weighted by atomic mass is 9.79. The molecule has 0 amide bonds. The van der Waals surface area contributed by atoms with Crippen molar-refractivity contribution in [1.29, 1.82) is 0 Å². The van der Waals surface area contributed by atoms with Crippen LogP contribution in [0.3, 0.4) is 0 Å². The molecule has 92 valence electrons. The van der Waals surface area contributed by atoms with Crippen molar-refractivity contribution in [3.8, 4) is 0 Å². The first-order valence-electron chi connectivity index (χ1n) is 5.64. The third-order valence-corrected chi connectivity index (χ3v) is 3.65. The minimum atomic E-state index is -1.25. The molecular weight excluding hydrogens is 229 g/mol. The lowest BCUT2D eigenvalue weighted by molar-refractivity contribution is -0.0818. The zero-order chi connectivity index (χ0) is 11.9.